The number of alkyl carbamates (subject to hydrolysis) is 1. The number of benzene rings is 2. The molecule has 0 fully saturated rings. The van der Waals surface area contributed by atoms with E-state index in [1.54, 1.807) is 0 Å². The number of carboxylic acids is 1. The molecular weight excluding hydrogens is 366 g/mol. The van der Waals surface area contributed by atoms with E-state index in [4.69, 9.17) is 11.2 Å². The van der Waals surface area contributed by atoms with Crippen molar-refractivity contribution in [3.63, 3.8) is 0 Å². The number of amides is 1. The molecule has 0 aromatic heterocycles. The molecule has 0 aliphatic heterocycles. The maximum absolute atomic E-state index is 12.3. The predicted molar refractivity (Wildman–Crippen MR) is 112 cm³/mol. The van der Waals surface area contributed by atoms with Gasteiger partial charge in [0.1, 0.15) is 12.6 Å². The van der Waals surface area contributed by atoms with Crippen LogP contribution in [0.4, 0.5) is 4.79 Å². The van der Waals surface area contributed by atoms with Crippen molar-refractivity contribution < 1.29 is 19.4 Å². The van der Waals surface area contributed by atoms with Gasteiger partial charge in [0.15, 0.2) is 0 Å². The molecular formula is C24H25NO4. The Bertz CT molecular complexity index is 870. The first-order valence-electron chi connectivity index (χ1n) is 9.89. The van der Waals surface area contributed by atoms with Gasteiger partial charge in [0, 0.05) is 12.3 Å². The molecule has 2 aromatic carbocycles. The van der Waals surface area contributed by atoms with E-state index < -0.39 is 18.1 Å². The van der Waals surface area contributed by atoms with Gasteiger partial charge in [0.2, 0.25) is 0 Å². The molecule has 150 valence electrons. The molecule has 1 aliphatic rings. The molecule has 5 nitrogen and oxygen atoms in total. The largest absolute Gasteiger partial charge is 0.480 e. The van der Waals surface area contributed by atoms with Gasteiger partial charge in [-0.3, -0.25) is 0 Å². The lowest BCUT2D eigenvalue weighted by Crippen LogP contribution is -2.41. The lowest BCUT2D eigenvalue weighted by Gasteiger charge is -2.17. The second-order valence-corrected chi connectivity index (χ2v) is 7.16. The monoisotopic (exact) mass is 391 g/mol. The van der Waals surface area contributed by atoms with E-state index >= 15 is 0 Å². The summed E-state index contributed by atoms with van der Waals surface area (Å²) in [7, 11) is 0. The van der Waals surface area contributed by atoms with Crippen LogP contribution in [0.25, 0.3) is 11.1 Å². The SMILES string of the molecule is C#CCCCCC[C@@H](NC(=O)OCC1c2ccccc2-c2ccccc21)C(=O)O. The molecule has 5 heteroatoms. The Morgan fingerprint density at radius 3 is 2.24 bits per heavy atom. The number of nitrogens with one attached hydrogen (secondary N) is 1. The number of hydrogen-bond donors (Lipinski definition) is 2. The maximum Gasteiger partial charge on any atom is 0.407 e. The summed E-state index contributed by atoms with van der Waals surface area (Å²) in [6, 6.07) is 15.2. The van der Waals surface area contributed by atoms with Crippen molar-refractivity contribution in [1.29, 1.82) is 0 Å². The molecule has 0 unspecified atom stereocenters. The number of carbonyl (C=O) groups excluding carboxylic acids is 1. The summed E-state index contributed by atoms with van der Waals surface area (Å²) in [6.07, 6.45) is 7.91. The highest BCUT2D eigenvalue weighted by atomic mass is 16.5. The molecule has 2 aromatic rings. The summed E-state index contributed by atoms with van der Waals surface area (Å²) in [5, 5.41) is 11.8. The Hall–Kier alpha value is -3.26. The second-order valence-electron chi connectivity index (χ2n) is 7.16. The van der Waals surface area contributed by atoms with Crippen LogP contribution in [0.1, 0.15) is 49.1 Å². The van der Waals surface area contributed by atoms with Crippen LogP contribution in [-0.2, 0) is 9.53 Å². The quantitative estimate of drug-likeness (QED) is 0.485. The number of terminal acetylenes is 1. The van der Waals surface area contributed by atoms with E-state index in [2.05, 4.69) is 23.4 Å². The lowest BCUT2D eigenvalue weighted by atomic mass is 9.98. The van der Waals surface area contributed by atoms with Crippen molar-refractivity contribution in [2.24, 2.45) is 0 Å². The zero-order chi connectivity index (χ0) is 20.6. The number of unbranched alkanes of at least 4 members (excludes halogenated alkanes) is 3. The Morgan fingerprint density at radius 1 is 1.03 bits per heavy atom. The van der Waals surface area contributed by atoms with Crippen molar-refractivity contribution in [2.45, 2.75) is 44.1 Å². The van der Waals surface area contributed by atoms with Crippen LogP contribution in [0.3, 0.4) is 0 Å². The van der Waals surface area contributed by atoms with E-state index in [0.29, 0.717) is 19.3 Å². The van der Waals surface area contributed by atoms with Gasteiger partial charge in [0.25, 0.3) is 0 Å². The number of carbonyl (C=O) groups is 2. The van der Waals surface area contributed by atoms with E-state index in [1.807, 2.05) is 36.4 Å². The third kappa shape index (κ3) is 4.97. The lowest BCUT2D eigenvalue weighted by molar-refractivity contribution is -0.139. The van der Waals surface area contributed by atoms with Gasteiger partial charge >= 0.3 is 12.1 Å². The van der Waals surface area contributed by atoms with E-state index in [0.717, 1.165) is 35.1 Å². The van der Waals surface area contributed by atoms with Crippen LogP contribution in [0.2, 0.25) is 0 Å². The van der Waals surface area contributed by atoms with Crippen molar-refractivity contribution in [1.82, 2.24) is 5.32 Å². The number of rotatable bonds is 9. The maximum atomic E-state index is 12.3. The minimum atomic E-state index is -1.06. The Morgan fingerprint density at radius 2 is 1.66 bits per heavy atom. The molecule has 0 bridgehead atoms. The Balaban J connectivity index is 1.57. The number of hydrogen-bond acceptors (Lipinski definition) is 3. The summed E-state index contributed by atoms with van der Waals surface area (Å²) in [5.41, 5.74) is 4.52. The fourth-order valence-electron chi connectivity index (χ4n) is 3.79. The second kappa shape index (κ2) is 9.79. The van der Waals surface area contributed by atoms with Crippen LogP contribution in [0, 0.1) is 12.3 Å². The summed E-state index contributed by atoms with van der Waals surface area (Å²) in [4.78, 5) is 23.7. The number of ether oxygens (including phenoxy) is 1. The molecule has 1 aliphatic carbocycles. The third-order valence-corrected chi connectivity index (χ3v) is 5.25. The summed E-state index contributed by atoms with van der Waals surface area (Å²) < 4.78 is 5.43. The van der Waals surface area contributed by atoms with Crippen molar-refractivity contribution >= 4 is 12.1 Å². The molecule has 3 rings (SSSR count). The zero-order valence-electron chi connectivity index (χ0n) is 16.3. The van der Waals surface area contributed by atoms with E-state index in [-0.39, 0.29) is 12.5 Å². The average Bonchev–Trinajstić information content (AvgIpc) is 3.05. The van der Waals surface area contributed by atoms with Gasteiger partial charge in [-0.1, -0.05) is 61.4 Å². The standard InChI is InChI=1S/C24H25NO4/c1-2-3-4-5-6-15-22(23(26)27)25-24(28)29-16-21-19-13-9-7-11-17(19)18-12-8-10-14-20(18)21/h1,7-14,21-22H,3-6,15-16H2,(H,25,28)(H,26,27)/t22-/m1/s1. The minimum Gasteiger partial charge on any atom is -0.480 e. The highest BCUT2D eigenvalue weighted by Gasteiger charge is 2.29. The van der Waals surface area contributed by atoms with Gasteiger partial charge in [-0.15, -0.1) is 12.3 Å². The molecule has 1 atom stereocenters. The van der Waals surface area contributed by atoms with Gasteiger partial charge < -0.3 is 15.2 Å². The molecule has 1 amide bonds. The first-order chi connectivity index (χ1) is 14.1. The molecule has 2 N–H and O–H groups in total. The predicted octanol–water partition coefficient (Wildman–Crippen LogP) is 4.56. The molecule has 0 saturated carbocycles. The van der Waals surface area contributed by atoms with Crippen molar-refractivity contribution in [2.75, 3.05) is 6.61 Å². The van der Waals surface area contributed by atoms with Crippen LogP contribution >= 0.6 is 0 Å². The molecule has 0 heterocycles. The van der Waals surface area contributed by atoms with E-state index in [1.165, 1.54) is 0 Å². The van der Waals surface area contributed by atoms with Gasteiger partial charge in [-0.2, -0.15) is 0 Å². The van der Waals surface area contributed by atoms with Gasteiger partial charge in [-0.25, -0.2) is 9.59 Å². The zero-order valence-corrected chi connectivity index (χ0v) is 16.3. The summed E-state index contributed by atoms with van der Waals surface area (Å²) in [6.45, 7) is 0.161. The Labute approximate surface area is 171 Å². The van der Waals surface area contributed by atoms with Crippen LogP contribution < -0.4 is 5.32 Å². The van der Waals surface area contributed by atoms with Crippen LogP contribution in [0.15, 0.2) is 48.5 Å². The highest BCUT2D eigenvalue weighted by molar-refractivity contribution is 5.81. The van der Waals surface area contributed by atoms with E-state index in [9.17, 15) is 14.7 Å². The van der Waals surface area contributed by atoms with Gasteiger partial charge in [0.05, 0.1) is 0 Å². The van der Waals surface area contributed by atoms with Crippen LogP contribution in [-0.4, -0.2) is 29.8 Å². The van der Waals surface area contributed by atoms with Gasteiger partial charge in [-0.05, 0) is 35.1 Å². The van der Waals surface area contributed by atoms with Crippen molar-refractivity contribution in [3.05, 3.63) is 59.7 Å². The summed E-state index contributed by atoms with van der Waals surface area (Å²) >= 11 is 0. The highest BCUT2D eigenvalue weighted by Crippen LogP contribution is 2.44. The smallest absolute Gasteiger partial charge is 0.407 e. The number of carboxylic acid groups (broad SMARTS) is 1. The fraction of sp³-hybridized carbons (Fsp3) is 0.333. The minimum absolute atomic E-state index is 0.0554. The fourth-order valence-corrected chi connectivity index (χ4v) is 3.79. The molecule has 0 spiro atoms. The average molecular weight is 391 g/mol. The molecule has 0 saturated heterocycles. The van der Waals surface area contributed by atoms with Crippen molar-refractivity contribution in [3.8, 4) is 23.5 Å². The first kappa shape index (κ1) is 20.5. The molecule has 29 heavy (non-hydrogen) atoms. The number of aliphatic carboxylic acids is 1. The van der Waals surface area contributed by atoms with Crippen LogP contribution in [0.5, 0.6) is 0 Å². The topological polar surface area (TPSA) is 75.6 Å². The normalized spacial score (nSPS) is 13.1. The Kier molecular flexibility index (Phi) is 6.91. The first-order valence-corrected chi connectivity index (χ1v) is 9.89. The summed E-state index contributed by atoms with van der Waals surface area (Å²) in [5.74, 6) is 1.45. The third-order valence-electron chi connectivity index (χ3n) is 5.25. The number of fused-ring (bicyclic) bond motifs is 3. The molecule has 0 radical (unpaired) electrons.